The van der Waals surface area contributed by atoms with E-state index in [0.717, 1.165) is 45.5 Å². The number of thioether (sulfide) groups is 2. The molecule has 2 aromatic heterocycles. The number of nitrogens with zero attached hydrogens (tertiary/aromatic N) is 7. The standard InChI is InChI=1S/C23H23N9O8S3/c33-10-24-22-25-13(9-42-22)15(28-40-12-4-2-1-3-5-12)18(36)26-16-19(37)32-17(21(38)39)11(7-41-20(16)32)8-43-23-27-29-30-31(23)6-14(34)35/h2,4,9-10,12,16,20H,1,3,5-8H2,(H,26,36)(H,34,35)(H,38,39)(H,24,25,33)/t12?,16?,20-/m0/s1. The van der Waals surface area contributed by atoms with E-state index in [4.69, 9.17) is 9.94 Å². The molecule has 226 valence electrons. The lowest BCUT2D eigenvalue weighted by molar-refractivity contribution is -0.150. The second-order valence-corrected chi connectivity index (χ2v) is 12.1. The first-order valence-electron chi connectivity index (χ1n) is 12.6. The minimum absolute atomic E-state index is 0.0902. The lowest BCUT2D eigenvalue weighted by atomic mass is 10.0. The van der Waals surface area contributed by atoms with Crippen LogP contribution in [0.2, 0.25) is 0 Å². The second kappa shape index (κ2) is 13.3. The summed E-state index contributed by atoms with van der Waals surface area (Å²) in [5.41, 5.74) is 0.124. The fourth-order valence-corrected chi connectivity index (χ4v) is 7.39. The van der Waals surface area contributed by atoms with Gasteiger partial charge in [0.25, 0.3) is 11.8 Å². The number of nitrogens with one attached hydrogen (secondary N) is 2. The molecular formula is C23H23N9O8S3. The molecular weight excluding hydrogens is 627 g/mol. The van der Waals surface area contributed by atoms with Crippen LogP contribution < -0.4 is 10.6 Å². The van der Waals surface area contributed by atoms with E-state index in [1.54, 1.807) is 0 Å². The van der Waals surface area contributed by atoms with Gasteiger partial charge in [0.2, 0.25) is 11.6 Å². The van der Waals surface area contributed by atoms with Crippen LogP contribution in [-0.4, -0.2) is 105 Å². The summed E-state index contributed by atoms with van der Waals surface area (Å²) in [7, 11) is 0. The van der Waals surface area contributed by atoms with Crippen molar-refractivity contribution in [3.63, 3.8) is 0 Å². The number of carbonyl (C=O) groups excluding carboxylic acids is 3. The summed E-state index contributed by atoms with van der Waals surface area (Å²) in [6.07, 6.45) is 6.43. The van der Waals surface area contributed by atoms with Gasteiger partial charge in [-0.1, -0.05) is 23.0 Å². The highest BCUT2D eigenvalue weighted by Gasteiger charge is 2.54. The number of β-lactam (4-membered cyclic amide) rings is 1. The summed E-state index contributed by atoms with van der Waals surface area (Å²) in [4.78, 5) is 71.6. The number of allylic oxidation sites excluding steroid dienone is 1. The molecule has 4 N–H and O–H groups in total. The highest BCUT2D eigenvalue weighted by Crippen LogP contribution is 2.41. The van der Waals surface area contributed by atoms with Gasteiger partial charge >= 0.3 is 11.9 Å². The Bertz CT molecular complexity index is 1540. The quantitative estimate of drug-likeness (QED) is 0.0565. The van der Waals surface area contributed by atoms with Gasteiger partial charge in [-0.3, -0.25) is 24.1 Å². The summed E-state index contributed by atoms with van der Waals surface area (Å²) in [5.74, 6) is -3.54. The number of hydrogen-bond acceptors (Lipinski definition) is 14. The number of carboxylic acid groups (broad SMARTS) is 2. The molecule has 0 aromatic carbocycles. The largest absolute Gasteiger partial charge is 0.480 e. The number of aliphatic carboxylic acids is 2. The van der Waals surface area contributed by atoms with Crippen LogP contribution in [0.4, 0.5) is 5.13 Å². The van der Waals surface area contributed by atoms with Gasteiger partial charge in [-0.05, 0) is 41.3 Å². The summed E-state index contributed by atoms with van der Waals surface area (Å²) < 4.78 is 1.07. The molecule has 1 aliphatic carbocycles. The summed E-state index contributed by atoms with van der Waals surface area (Å²) in [6.45, 7) is -0.466. The van der Waals surface area contributed by atoms with Crippen molar-refractivity contribution in [3.05, 3.63) is 34.5 Å². The Kier molecular flexibility index (Phi) is 9.36. The number of anilines is 1. The first-order chi connectivity index (χ1) is 20.8. The van der Waals surface area contributed by atoms with Crippen LogP contribution in [0.5, 0.6) is 0 Å². The van der Waals surface area contributed by atoms with Gasteiger partial charge in [-0.2, -0.15) is 0 Å². The van der Waals surface area contributed by atoms with E-state index in [2.05, 4.69) is 36.3 Å². The molecule has 17 nitrogen and oxygen atoms in total. The third-order valence-corrected chi connectivity index (χ3v) is 9.49. The van der Waals surface area contributed by atoms with Gasteiger partial charge < -0.3 is 25.7 Å². The Labute approximate surface area is 254 Å². The summed E-state index contributed by atoms with van der Waals surface area (Å²) in [5, 5.41) is 40.1. The zero-order valence-electron chi connectivity index (χ0n) is 22.0. The van der Waals surface area contributed by atoms with Crippen LogP contribution in [0.3, 0.4) is 0 Å². The Hall–Kier alpha value is -4.30. The predicted molar refractivity (Wildman–Crippen MR) is 152 cm³/mol. The van der Waals surface area contributed by atoms with Crippen molar-refractivity contribution in [2.75, 3.05) is 16.8 Å². The Morgan fingerprint density at radius 3 is 2.86 bits per heavy atom. The van der Waals surface area contributed by atoms with Crippen molar-refractivity contribution >= 4 is 75.9 Å². The molecule has 2 aromatic rings. The monoisotopic (exact) mass is 649 g/mol. The molecule has 1 fully saturated rings. The Balaban J connectivity index is 1.31. The van der Waals surface area contributed by atoms with E-state index in [1.165, 1.54) is 17.1 Å². The number of carbonyl (C=O) groups is 5. The molecule has 3 amide bonds. The average molecular weight is 650 g/mol. The van der Waals surface area contributed by atoms with Crippen LogP contribution in [-0.2, 0) is 35.4 Å². The van der Waals surface area contributed by atoms with Crippen molar-refractivity contribution in [1.29, 1.82) is 0 Å². The van der Waals surface area contributed by atoms with Gasteiger partial charge in [0, 0.05) is 16.9 Å². The minimum Gasteiger partial charge on any atom is -0.480 e. The van der Waals surface area contributed by atoms with Gasteiger partial charge in [-0.25, -0.2) is 14.5 Å². The van der Waals surface area contributed by atoms with Gasteiger partial charge in [0.15, 0.2) is 10.8 Å². The molecule has 2 aliphatic heterocycles. The van der Waals surface area contributed by atoms with Crippen molar-refractivity contribution in [2.45, 2.75) is 48.5 Å². The number of tetrazole rings is 1. The van der Waals surface area contributed by atoms with E-state index >= 15 is 0 Å². The topological polar surface area (TPSA) is 231 Å². The number of oxime groups is 1. The van der Waals surface area contributed by atoms with Crippen molar-refractivity contribution in [3.8, 4) is 0 Å². The zero-order valence-corrected chi connectivity index (χ0v) is 24.4. The molecule has 3 aliphatic rings. The van der Waals surface area contributed by atoms with Crippen LogP contribution >= 0.6 is 34.9 Å². The van der Waals surface area contributed by atoms with Crippen molar-refractivity contribution in [2.24, 2.45) is 5.16 Å². The maximum atomic E-state index is 13.4. The third kappa shape index (κ3) is 6.70. The molecule has 1 saturated heterocycles. The normalized spacial score (nSPS) is 21.6. The number of carboxylic acids is 2. The molecule has 0 bridgehead atoms. The SMILES string of the molecule is O=CNc1nc(C(=NOC2C=CCCC2)C(=O)NC2C(=O)N3C(C(=O)O)=C(CSc4nnnn4CC(=O)O)CS[C@@H]23)cs1. The van der Waals surface area contributed by atoms with E-state index in [0.29, 0.717) is 18.4 Å². The molecule has 0 radical (unpaired) electrons. The highest BCUT2D eigenvalue weighted by molar-refractivity contribution is 8.01. The molecule has 4 heterocycles. The maximum Gasteiger partial charge on any atom is 0.352 e. The number of hydrogen-bond donors (Lipinski definition) is 4. The second-order valence-electron chi connectivity index (χ2n) is 9.16. The van der Waals surface area contributed by atoms with Crippen molar-refractivity contribution < 1.29 is 39.0 Å². The fraction of sp³-hybridized carbons (Fsp3) is 0.391. The molecule has 2 unspecified atom stereocenters. The van der Waals surface area contributed by atoms with E-state index < -0.39 is 41.7 Å². The lowest BCUT2D eigenvalue weighted by Crippen LogP contribution is -2.71. The number of aromatic nitrogens is 5. The number of thiazole rings is 1. The first kappa shape index (κ1) is 30.2. The van der Waals surface area contributed by atoms with Gasteiger partial charge in [-0.15, -0.1) is 28.2 Å². The van der Waals surface area contributed by atoms with Crippen LogP contribution in [0, 0.1) is 0 Å². The summed E-state index contributed by atoms with van der Waals surface area (Å²) in [6, 6.07) is -1.05. The maximum absolute atomic E-state index is 13.4. The zero-order chi connectivity index (χ0) is 30.5. The molecule has 20 heteroatoms. The first-order valence-corrected chi connectivity index (χ1v) is 15.6. The fourth-order valence-electron chi connectivity index (χ4n) is 4.38. The third-order valence-electron chi connectivity index (χ3n) is 6.33. The Morgan fingerprint density at radius 2 is 2.14 bits per heavy atom. The number of amides is 3. The van der Waals surface area contributed by atoms with Crippen molar-refractivity contribution in [1.82, 2.24) is 35.4 Å². The summed E-state index contributed by atoms with van der Waals surface area (Å²) >= 11 is 3.37. The number of fused-ring (bicyclic) bond motifs is 1. The molecule has 5 rings (SSSR count). The van der Waals surface area contributed by atoms with Crippen LogP contribution in [0.1, 0.15) is 25.0 Å². The highest BCUT2D eigenvalue weighted by atomic mass is 32.2. The minimum atomic E-state index is -1.32. The molecule has 0 saturated carbocycles. The van der Waals surface area contributed by atoms with Gasteiger partial charge in [0.05, 0.1) is 0 Å². The van der Waals surface area contributed by atoms with Crippen LogP contribution in [0.15, 0.2) is 39.1 Å². The average Bonchev–Trinajstić information content (AvgIpc) is 3.64. The smallest absolute Gasteiger partial charge is 0.352 e. The van der Waals surface area contributed by atoms with E-state index in [1.807, 2.05) is 12.2 Å². The molecule has 3 atom stereocenters. The predicted octanol–water partition coefficient (Wildman–Crippen LogP) is 0.143. The Morgan fingerprint density at radius 1 is 1.30 bits per heavy atom. The lowest BCUT2D eigenvalue weighted by Gasteiger charge is -2.49. The number of rotatable bonds is 13. The van der Waals surface area contributed by atoms with E-state index in [-0.39, 0.29) is 45.0 Å². The van der Waals surface area contributed by atoms with E-state index in [9.17, 15) is 29.1 Å². The molecule has 0 spiro atoms. The van der Waals surface area contributed by atoms with Crippen LogP contribution in [0.25, 0.3) is 0 Å². The molecule has 43 heavy (non-hydrogen) atoms. The van der Waals surface area contributed by atoms with Gasteiger partial charge in [0.1, 0.15) is 35.5 Å².